The molecule has 3 heterocycles. The molecule has 0 aliphatic carbocycles. The van der Waals surface area contributed by atoms with Gasteiger partial charge >= 0.3 is 6.18 Å². The maximum atomic E-state index is 13.1. The minimum Gasteiger partial charge on any atom is -0.453 e. The highest BCUT2D eigenvalue weighted by molar-refractivity contribution is 9.10. The molecule has 0 amide bonds. The molecule has 0 atom stereocenters. The average molecular weight is 382 g/mol. The first kappa shape index (κ1) is 14.3. The van der Waals surface area contributed by atoms with Crippen molar-refractivity contribution < 1.29 is 17.9 Å². The SMILES string of the molecule is FC(F)(F)c1cc2n(n1)-c1ncc(Br)cc1Oc1ccccc1-2. The molecule has 0 unspecified atom stereocenters. The number of benzene rings is 1. The third-order valence-corrected chi connectivity index (χ3v) is 3.82. The van der Waals surface area contributed by atoms with E-state index >= 15 is 0 Å². The number of hydrogen-bond donors (Lipinski definition) is 0. The molecule has 1 aliphatic heterocycles. The molecule has 0 saturated heterocycles. The second kappa shape index (κ2) is 4.82. The van der Waals surface area contributed by atoms with Gasteiger partial charge in [-0.25, -0.2) is 9.67 Å². The Kier molecular flexibility index (Phi) is 2.99. The lowest BCUT2D eigenvalue weighted by molar-refractivity contribution is -0.141. The Hall–Kier alpha value is -2.35. The first-order valence-corrected chi connectivity index (χ1v) is 7.33. The van der Waals surface area contributed by atoms with Crippen LogP contribution in [0.4, 0.5) is 13.2 Å². The molecule has 23 heavy (non-hydrogen) atoms. The lowest BCUT2D eigenvalue weighted by Crippen LogP contribution is -2.08. The maximum absolute atomic E-state index is 13.1. The zero-order valence-electron chi connectivity index (χ0n) is 11.3. The first-order chi connectivity index (χ1) is 10.9. The molecular formula is C15H7BrF3N3O. The molecule has 0 spiro atoms. The van der Waals surface area contributed by atoms with Crippen LogP contribution in [0.3, 0.4) is 0 Å². The van der Waals surface area contributed by atoms with Gasteiger partial charge in [-0.1, -0.05) is 12.1 Å². The number of ether oxygens (including phenoxy) is 1. The Morgan fingerprint density at radius 2 is 1.87 bits per heavy atom. The number of pyridine rings is 1. The highest BCUT2D eigenvalue weighted by Crippen LogP contribution is 2.42. The average Bonchev–Trinajstić information content (AvgIpc) is 2.88. The third kappa shape index (κ3) is 2.29. The zero-order chi connectivity index (χ0) is 16.2. The molecule has 0 bridgehead atoms. The van der Waals surface area contributed by atoms with Crippen LogP contribution in [0.1, 0.15) is 5.69 Å². The summed E-state index contributed by atoms with van der Waals surface area (Å²) in [6.07, 6.45) is -3.05. The van der Waals surface area contributed by atoms with Gasteiger partial charge in [0.05, 0.1) is 5.69 Å². The van der Waals surface area contributed by atoms with E-state index in [0.717, 1.165) is 10.7 Å². The molecule has 3 aromatic rings. The predicted molar refractivity (Wildman–Crippen MR) is 79.6 cm³/mol. The number of rotatable bonds is 0. The molecule has 1 aromatic carbocycles. The Bertz CT molecular complexity index is 921. The quantitative estimate of drug-likeness (QED) is 0.438. The lowest BCUT2D eigenvalue weighted by Gasteiger charge is -2.08. The summed E-state index contributed by atoms with van der Waals surface area (Å²) in [5.41, 5.74) is -0.175. The molecule has 0 saturated carbocycles. The van der Waals surface area contributed by atoms with E-state index in [1.165, 1.54) is 6.20 Å². The number of alkyl halides is 3. The fourth-order valence-corrected chi connectivity index (χ4v) is 2.72. The summed E-state index contributed by atoms with van der Waals surface area (Å²) in [6.45, 7) is 0. The minimum absolute atomic E-state index is 0.204. The molecule has 2 aromatic heterocycles. The van der Waals surface area contributed by atoms with E-state index in [4.69, 9.17) is 4.74 Å². The summed E-state index contributed by atoms with van der Waals surface area (Å²) in [5, 5.41) is 3.69. The summed E-state index contributed by atoms with van der Waals surface area (Å²) in [7, 11) is 0. The topological polar surface area (TPSA) is 39.9 Å². The van der Waals surface area contributed by atoms with E-state index in [0.29, 0.717) is 21.5 Å². The second-order valence-electron chi connectivity index (χ2n) is 4.90. The van der Waals surface area contributed by atoms with E-state index in [2.05, 4.69) is 26.0 Å². The van der Waals surface area contributed by atoms with Gasteiger partial charge in [0.15, 0.2) is 17.3 Å². The van der Waals surface area contributed by atoms with Gasteiger partial charge in [-0.15, -0.1) is 0 Å². The van der Waals surface area contributed by atoms with Gasteiger partial charge < -0.3 is 4.74 Å². The maximum Gasteiger partial charge on any atom is 0.435 e. The first-order valence-electron chi connectivity index (χ1n) is 6.54. The second-order valence-corrected chi connectivity index (χ2v) is 5.81. The van der Waals surface area contributed by atoms with Crippen LogP contribution in [0, 0.1) is 0 Å². The van der Waals surface area contributed by atoms with Crippen molar-refractivity contribution in [1.82, 2.24) is 14.8 Å². The van der Waals surface area contributed by atoms with E-state index in [1.807, 2.05) is 0 Å². The monoisotopic (exact) mass is 381 g/mol. The summed E-state index contributed by atoms with van der Waals surface area (Å²) >= 11 is 3.28. The van der Waals surface area contributed by atoms with Crippen molar-refractivity contribution >= 4 is 15.9 Å². The van der Waals surface area contributed by atoms with Crippen molar-refractivity contribution in [3.8, 4) is 28.6 Å². The van der Waals surface area contributed by atoms with Gasteiger partial charge in [-0.05, 0) is 34.1 Å². The number of nitrogens with zero attached hydrogens (tertiary/aromatic N) is 3. The lowest BCUT2D eigenvalue weighted by atomic mass is 10.1. The van der Waals surface area contributed by atoms with Gasteiger partial charge in [0.25, 0.3) is 0 Å². The van der Waals surface area contributed by atoms with Crippen molar-refractivity contribution in [2.75, 3.05) is 0 Å². The summed E-state index contributed by atoms with van der Waals surface area (Å²) in [5.74, 6) is 0.971. The molecule has 8 heteroatoms. The number of hydrogen-bond acceptors (Lipinski definition) is 3. The van der Waals surface area contributed by atoms with E-state index in [1.54, 1.807) is 30.3 Å². The van der Waals surface area contributed by atoms with Crippen LogP contribution in [0.2, 0.25) is 0 Å². The molecular weight excluding hydrogens is 375 g/mol. The van der Waals surface area contributed by atoms with Gasteiger partial charge in [-0.2, -0.15) is 18.3 Å². The summed E-state index contributed by atoms with van der Waals surface area (Å²) in [4.78, 5) is 4.16. The van der Waals surface area contributed by atoms with Gasteiger partial charge in [0, 0.05) is 22.3 Å². The Morgan fingerprint density at radius 3 is 2.65 bits per heavy atom. The van der Waals surface area contributed by atoms with E-state index in [9.17, 15) is 13.2 Å². The van der Waals surface area contributed by atoms with Crippen LogP contribution in [-0.4, -0.2) is 14.8 Å². The van der Waals surface area contributed by atoms with Crippen LogP contribution in [0.25, 0.3) is 17.1 Å². The van der Waals surface area contributed by atoms with Gasteiger partial charge in [-0.3, -0.25) is 0 Å². The normalized spacial score (nSPS) is 12.7. The van der Waals surface area contributed by atoms with Crippen molar-refractivity contribution in [3.63, 3.8) is 0 Å². The number of aromatic nitrogens is 3. The van der Waals surface area contributed by atoms with Crippen molar-refractivity contribution in [2.45, 2.75) is 6.18 Å². The van der Waals surface area contributed by atoms with Crippen molar-refractivity contribution in [3.05, 3.63) is 52.8 Å². The molecule has 4 nitrogen and oxygen atoms in total. The van der Waals surface area contributed by atoms with Crippen molar-refractivity contribution in [1.29, 1.82) is 0 Å². The van der Waals surface area contributed by atoms with Gasteiger partial charge in [0.1, 0.15) is 5.75 Å². The highest BCUT2D eigenvalue weighted by Gasteiger charge is 2.36. The molecule has 116 valence electrons. The minimum atomic E-state index is -4.54. The standard InChI is InChI=1S/C15H7BrF3N3O/c16-8-5-12-14(20-7-8)22-10(6-13(21-22)15(17,18)19)9-3-1-2-4-11(9)23-12/h1-7H. The van der Waals surface area contributed by atoms with Crippen LogP contribution < -0.4 is 4.74 Å². The fourth-order valence-electron chi connectivity index (χ4n) is 2.41. The van der Waals surface area contributed by atoms with Crippen LogP contribution >= 0.6 is 15.9 Å². The number of para-hydroxylation sites is 1. The van der Waals surface area contributed by atoms with E-state index in [-0.39, 0.29) is 11.5 Å². The highest BCUT2D eigenvalue weighted by atomic mass is 79.9. The smallest absolute Gasteiger partial charge is 0.435 e. The van der Waals surface area contributed by atoms with E-state index < -0.39 is 11.9 Å². The number of fused-ring (bicyclic) bond motifs is 5. The molecule has 4 rings (SSSR count). The fraction of sp³-hybridized carbons (Fsp3) is 0.0667. The van der Waals surface area contributed by atoms with Crippen LogP contribution in [-0.2, 0) is 6.18 Å². The van der Waals surface area contributed by atoms with Crippen molar-refractivity contribution in [2.24, 2.45) is 0 Å². The van der Waals surface area contributed by atoms with Gasteiger partial charge in [0.2, 0.25) is 0 Å². The van der Waals surface area contributed by atoms with Crippen LogP contribution in [0.15, 0.2) is 47.1 Å². The Labute approximate surface area is 136 Å². The summed E-state index contributed by atoms with van der Waals surface area (Å²) < 4.78 is 46.8. The molecule has 1 aliphatic rings. The molecule has 0 radical (unpaired) electrons. The van der Waals surface area contributed by atoms with Crippen LogP contribution in [0.5, 0.6) is 11.5 Å². The molecule has 0 fully saturated rings. The third-order valence-electron chi connectivity index (χ3n) is 3.38. The molecule has 0 N–H and O–H groups in total. The zero-order valence-corrected chi connectivity index (χ0v) is 12.9. The Balaban J connectivity index is 2.06. The summed E-state index contributed by atoms with van der Waals surface area (Å²) in [6, 6.07) is 9.50. The Morgan fingerprint density at radius 1 is 1.09 bits per heavy atom. The number of halogens is 4. The largest absolute Gasteiger partial charge is 0.453 e. The predicted octanol–water partition coefficient (Wildman–Crippen LogP) is 4.82.